The smallest absolute Gasteiger partial charge is 0.118 e. The summed E-state index contributed by atoms with van der Waals surface area (Å²) in [6.45, 7) is 2.05. The Hall–Kier alpha value is -0.660. The van der Waals surface area contributed by atoms with Crippen LogP contribution in [0.3, 0.4) is 0 Å². The van der Waals surface area contributed by atoms with Gasteiger partial charge < -0.3 is 5.11 Å². The van der Waals surface area contributed by atoms with E-state index in [1.54, 1.807) is 24.3 Å². The van der Waals surface area contributed by atoms with Gasteiger partial charge in [-0.05, 0) is 30.7 Å². The molecule has 0 bridgehead atoms. The number of hydrogen-bond donors (Lipinski definition) is 1. The molecule has 1 aromatic carbocycles. The van der Waals surface area contributed by atoms with Crippen LogP contribution in [0.25, 0.3) is 5.76 Å². The Kier molecular flexibility index (Phi) is 4.30. The van der Waals surface area contributed by atoms with E-state index in [0.29, 0.717) is 15.6 Å². The standard InChI is InChI=1S/C11H12Cl2O/c1-2-3-4-11(14)8-5-9(12)7-10(13)6-8/h4-7,14H,2-3H2,1H3. The molecule has 0 unspecified atom stereocenters. The van der Waals surface area contributed by atoms with Crippen molar-refractivity contribution >= 4 is 29.0 Å². The second-order valence-electron chi connectivity index (χ2n) is 3.04. The first-order valence-corrected chi connectivity index (χ1v) is 5.24. The lowest BCUT2D eigenvalue weighted by atomic mass is 10.1. The van der Waals surface area contributed by atoms with Gasteiger partial charge in [-0.3, -0.25) is 0 Å². The molecule has 0 aliphatic heterocycles. The Bertz CT molecular complexity index is 325. The van der Waals surface area contributed by atoms with E-state index in [4.69, 9.17) is 23.2 Å². The zero-order valence-electron chi connectivity index (χ0n) is 7.93. The molecular formula is C11H12Cl2O. The van der Waals surface area contributed by atoms with Crippen LogP contribution in [-0.2, 0) is 0 Å². The SMILES string of the molecule is CCCC=C(O)c1cc(Cl)cc(Cl)c1. The van der Waals surface area contributed by atoms with E-state index >= 15 is 0 Å². The Balaban J connectivity index is 2.95. The molecule has 0 saturated carbocycles. The maximum absolute atomic E-state index is 9.64. The summed E-state index contributed by atoms with van der Waals surface area (Å²) >= 11 is 11.6. The van der Waals surface area contributed by atoms with Crippen molar-refractivity contribution in [3.8, 4) is 0 Å². The van der Waals surface area contributed by atoms with Crippen LogP contribution in [0.5, 0.6) is 0 Å². The van der Waals surface area contributed by atoms with E-state index in [1.807, 2.05) is 0 Å². The summed E-state index contributed by atoms with van der Waals surface area (Å²) in [5.74, 6) is 0.233. The van der Waals surface area contributed by atoms with Gasteiger partial charge in [0.05, 0.1) is 0 Å². The van der Waals surface area contributed by atoms with Gasteiger partial charge >= 0.3 is 0 Å². The van der Waals surface area contributed by atoms with Gasteiger partial charge in [0.1, 0.15) is 5.76 Å². The van der Waals surface area contributed by atoms with E-state index < -0.39 is 0 Å². The van der Waals surface area contributed by atoms with Gasteiger partial charge in [-0.15, -0.1) is 0 Å². The van der Waals surface area contributed by atoms with Crippen LogP contribution in [0.1, 0.15) is 25.3 Å². The lowest BCUT2D eigenvalue weighted by Gasteiger charge is -2.02. The highest BCUT2D eigenvalue weighted by atomic mass is 35.5. The summed E-state index contributed by atoms with van der Waals surface area (Å²) in [4.78, 5) is 0. The fourth-order valence-corrected chi connectivity index (χ4v) is 1.63. The number of benzene rings is 1. The molecule has 3 heteroatoms. The topological polar surface area (TPSA) is 20.2 Å². The maximum atomic E-state index is 9.64. The molecule has 0 aliphatic carbocycles. The molecule has 14 heavy (non-hydrogen) atoms. The Labute approximate surface area is 94.0 Å². The third-order valence-corrected chi connectivity index (χ3v) is 2.22. The lowest BCUT2D eigenvalue weighted by molar-refractivity contribution is 0.509. The van der Waals surface area contributed by atoms with E-state index in [9.17, 15) is 5.11 Å². The molecule has 1 aromatic rings. The van der Waals surface area contributed by atoms with Crippen LogP contribution in [-0.4, -0.2) is 5.11 Å². The van der Waals surface area contributed by atoms with Crippen LogP contribution < -0.4 is 0 Å². The largest absolute Gasteiger partial charge is 0.508 e. The molecule has 0 aromatic heterocycles. The fraction of sp³-hybridized carbons (Fsp3) is 0.273. The van der Waals surface area contributed by atoms with Crippen molar-refractivity contribution in [1.29, 1.82) is 0 Å². The van der Waals surface area contributed by atoms with E-state index in [-0.39, 0.29) is 5.76 Å². The minimum Gasteiger partial charge on any atom is -0.508 e. The number of aliphatic hydroxyl groups excluding tert-OH is 1. The monoisotopic (exact) mass is 230 g/mol. The summed E-state index contributed by atoms with van der Waals surface area (Å²) in [6.07, 6.45) is 3.61. The van der Waals surface area contributed by atoms with Gasteiger partial charge in [-0.25, -0.2) is 0 Å². The van der Waals surface area contributed by atoms with E-state index in [0.717, 1.165) is 12.8 Å². The second kappa shape index (κ2) is 5.28. The van der Waals surface area contributed by atoms with Crippen molar-refractivity contribution in [3.63, 3.8) is 0 Å². The third-order valence-electron chi connectivity index (χ3n) is 1.78. The van der Waals surface area contributed by atoms with Crippen molar-refractivity contribution in [3.05, 3.63) is 39.9 Å². The average molecular weight is 231 g/mol. The zero-order chi connectivity index (χ0) is 10.6. The van der Waals surface area contributed by atoms with Crippen LogP contribution in [0.15, 0.2) is 24.3 Å². The molecule has 1 rings (SSSR count). The number of allylic oxidation sites excluding steroid dienone is 1. The highest BCUT2D eigenvalue weighted by Gasteiger charge is 2.01. The van der Waals surface area contributed by atoms with Crippen molar-refractivity contribution < 1.29 is 5.11 Å². The van der Waals surface area contributed by atoms with Crippen molar-refractivity contribution in [1.82, 2.24) is 0 Å². The molecule has 0 spiro atoms. The van der Waals surface area contributed by atoms with Gasteiger partial charge in [0.25, 0.3) is 0 Å². The fourth-order valence-electron chi connectivity index (χ4n) is 1.10. The molecule has 76 valence electrons. The number of unbranched alkanes of at least 4 members (excludes halogenated alkanes) is 1. The van der Waals surface area contributed by atoms with Gasteiger partial charge in [-0.1, -0.05) is 36.5 Å². The maximum Gasteiger partial charge on any atom is 0.118 e. The summed E-state index contributed by atoms with van der Waals surface area (Å²) in [6, 6.07) is 5.02. The number of halogens is 2. The van der Waals surface area contributed by atoms with E-state index in [2.05, 4.69) is 6.92 Å². The first kappa shape index (κ1) is 11.4. The summed E-state index contributed by atoms with van der Waals surface area (Å²) in [5, 5.41) is 10.7. The summed E-state index contributed by atoms with van der Waals surface area (Å²) in [7, 11) is 0. The van der Waals surface area contributed by atoms with E-state index in [1.165, 1.54) is 0 Å². The van der Waals surface area contributed by atoms with Gasteiger partial charge in [0, 0.05) is 15.6 Å². The first-order valence-electron chi connectivity index (χ1n) is 4.49. The predicted molar refractivity (Wildman–Crippen MR) is 62.0 cm³/mol. The van der Waals surface area contributed by atoms with Crippen LogP contribution in [0, 0.1) is 0 Å². The minimum absolute atomic E-state index is 0.233. The van der Waals surface area contributed by atoms with Crippen LogP contribution in [0.2, 0.25) is 10.0 Å². The number of aliphatic hydroxyl groups is 1. The third kappa shape index (κ3) is 3.24. The summed E-state index contributed by atoms with van der Waals surface area (Å²) < 4.78 is 0. The Morgan fingerprint density at radius 1 is 1.29 bits per heavy atom. The number of hydrogen-bond acceptors (Lipinski definition) is 1. The zero-order valence-corrected chi connectivity index (χ0v) is 9.44. The minimum atomic E-state index is 0.233. The molecule has 0 fully saturated rings. The van der Waals surface area contributed by atoms with Gasteiger partial charge in [-0.2, -0.15) is 0 Å². The summed E-state index contributed by atoms with van der Waals surface area (Å²) in [5.41, 5.74) is 0.663. The molecule has 0 aliphatic rings. The van der Waals surface area contributed by atoms with Crippen molar-refractivity contribution in [2.45, 2.75) is 19.8 Å². The van der Waals surface area contributed by atoms with Crippen molar-refractivity contribution in [2.75, 3.05) is 0 Å². The highest BCUT2D eigenvalue weighted by Crippen LogP contribution is 2.23. The quantitative estimate of drug-likeness (QED) is 0.748. The average Bonchev–Trinajstić information content (AvgIpc) is 2.12. The first-order chi connectivity index (χ1) is 6.63. The lowest BCUT2D eigenvalue weighted by Crippen LogP contribution is -1.83. The van der Waals surface area contributed by atoms with Crippen LogP contribution in [0.4, 0.5) is 0 Å². The molecule has 1 nitrogen and oxygen atoms in total. The molecule has 0 heterocycles. The molecule has 0 radical (unpaired) electrons. The van der Waals surface area contributed by atoms with Gasteiger partial charge in [0.15, 0.2) is 0 Å². The molecule has 1 N–H and O–H groups in total. The highest BCUT2D eigenvalue weighted by molar-refractivity contribution is 6.34. The number of rotatable bonds is 3. The predicted octanol–water partition coefficient (Wildman–Crippen LogP) is 4.69. The van der Waals surface area contributed by atoms with Crippen molar-refractivity contribution in [2.24, 2.45) is 0 Å². The van der Waals surface area contributed by atoms with Crippen LogP contribution >= 0.6 is 23.2 Å². The Morgan fingerprint density at radius 2 is 1.86 bits per heavy atom. The van der Waals surface area contributed by atoms with Gasteiger partial charge in [0.2, 0.25) is 0 Å². The molecule has 0 saturated heterocycles. The molecular weight excluding hydrogens is 219 g/mol. The second-order valence-corrected chi connectivity index (χ2v) is 3.91. The Morgan fingerprint density at radius 3 is 2.36 bits per heavy atom. The molecule has 0 amide bonds. The normalized spacial score (nSPS) is 11.8. The molecule has 0 atom stereocenters.